The number of imidazole rings is 1. The molecule has 0 N–H and O–H groups in total. The molecule has 2 heterocycles. The molecule has 2 aromatic carbocycles. The molecule has 3 aliphatic rings. The van der Waals surface area contributed by atoms with E-state index in [4.69, 9.17) is 14.5 Å². The summed E-state index contributed by atoms with van der Waals surface area (Å²) < 4.78 is 14.6. The van der Waals surface area contributed by atoms with Crippen LogP contribution in [0.3, 0.4) is 0 Å². The molecule has 1 aromatic heterocycles. The molecule has 1 spiro atoms. The summed E-state index contributed by atoms with van der Waals surface area (Å²) in [5, 5.41) is 0. The lowest BCUT2D eigenvalue weighted by Crippen LogP contribution is -2.49. The van der Waals surface area contributed by atoms with Crippen molar-refractivity contribution in [3.05, 3.63) is 72.1 Å². The molecule has 0 amide bonds. The van der Waals surface area contributed by atoms with E-state index < -0.39 is 0 Å². The van der Waals surface area contributed by atoms with Crippen LogP contribution in [0.1, 0.15) is 44.0 Å². The van der Waals surface area contributed by atoms with E-state index in [9.17, 15) is 0 Å². The van der Waals surface area contributed by atoms with Crippen molar-refractivity contribution in [2.75, 3.05) is 13.2 Å². The molecule has 0 bridgehead atoms. The minimum Gasteiger partial charge on any atom is -0.348 e. The molecule has 0 unspecified atom stereocenters. The first-order valence-corrected chi connectivity index (χ1v) is 11.2. The second-order valence-corrected chi connectivity index (χ2v) is 9.23. The Morgan fingerprint density at radius 3 is 2.37 bits per heavy atom. The van der Waals surface area contributed by atoms with Gasteiger partial charge in [0.15, 0.2) is 5.79 Å². The minimum atomic E-state index is -0.341. The molecule has 3 aromatic rings. The van der Waals surface area contributed by atoms with Crippen molar-refractivity contribution in [2.24, 2.45) is 5.92 Å². The number of fused-ring (bicyclic) bond motifs is 3. The van der Waals surface area contributed by atoms with Gasteiger partial charge in [-0.25, -0.2) is 4.98 Å². The van der Waals surface area contributed by atoms with Crippen LogP contribution in [-0.2, 0) is 21.3 Å². The van der Waals surface area contributed by atoms with Gasteiger partial charge in [-0.2, -0.15) is 0 Å². The van der Waals surface area contributed by atoms with Gasteiger partial charge in [-0.15, -0.1) is 0 Å². The molecule has 2 atom stereocenters. The monoisotopic (exact) mass is 400 g/mol. The van der Waals surface area contributed by atoms with E-state index in [2.05, 4.69) is 72.2 Å². The Kier molecular flexibility index (Phi) is 4.15. The average Bonchev–Trinajstić information content (AvgIpc) is 3.41. The van der Waals surface area contributed by atoms with Crippen LogP contribution in [0, 0.1) is 5.92 Å². The summed E-state index contributed by atoms with van der Waals surface area (Å²) in [6.45, 7) is 3.89. The third-order valence-corrected chi connectivity index (χ3v) is 7.59. The fourth-order valence-corrected chi connectivity index (χ4v) is 5.94. The maximum atomic E-state index is 6.08. The fraction of sp³-hybridized carbons (Fsp3) is 0.423. The number of ether oxygens (including phenoxy) is 2. The Labute approximate surface area is 177 Å². The molecule has 0 radical (unpaired) electrons. The molecule has 1 aliphatic heterocycles. The molecule has 30 heavy (non-hydrogen) atoms. The zero-order valence-corrected chi connectivity index (χ0v) is 17.5. The summed E-state index contributed by atoms with van der Waals surface area (Å²) >= 11 is 0. The molecule has 1 saturated carbocycles. The van der Waals surface area contributed by atoms with Gasteiger partial charge in [0.25, 0.3) is 0 Å². The molecular formula is C26H28N2O2. The van der Waals surface area contributed by atoms with Crippen molar-refractivity contribution in [1.29, 1.82) is 0 Å². The third kappa shape index (κ3) is 2.70. The van der Waals surface area contributed by atoms with Crippen molar-refractivity contribution < 1.29 is 9.47 Å². The molecule has 4 nitrogen and oxygen atoms in total. The van der Waals surface area contributed by atoms with Crippen LogP contribution >= 0.6 is 0 Å². The van der Waals surface area contributed by atoms with Gasteiger partial charge in [-0.1, -0.05) is 55.5 Å². The van der Waals surface area contributed by atoms with Crippen LogP contribution in [0.4, 0.5) is 0 Å². The van der Waals surface area contributed by atoms with Crippen molar-refractivity contribution >= 4 is 0 Å². The van der Waals surface area contributed by atoms with Crippen molar-refractivity contribution in [1.82, 2.24) is 9.55 Å². The predicted octanol–water partition coefficient (Wildman–Crippen LogP) is 5.29. The Morgan fingerprint density at radius 2 is 1.63 bits per heavy atom. The largest absolute Gasteiger partial charge is 0.348 e. The summed E-state index contributed by atoms with van der Waals surface area (Å²) in [4.78, 5) is 5.35. The number of rotatable bonds is 2. The quantitative estimate of drug-likeness (QED) is 0.587. The second-order valence-electron chi connectivity index (χ2n) is 9.23. The van der Waals surface area contributed by atoms with Gasteiger partial charge in [0.05, 0.1) is 18.9 Å². The zero-order chi connectivity index (χ0) is 20.2. The van der Waals surface area contributed by atoms with E-state index in [0.717, 1.165) is 51.1 Å². The number of hydrogen-bond acceptors (Lipinski definition) is 3. The SMILES string of the molecule is C[C@]12CCC3(C[C@@H]1CCc1c2nc(-c2ccccc2)n1-c1ccccc1)OCCO3. The maximum absolute atomic E-state index is 6.08. The Hall–Kier alpha value is -2.43. The van der Waals surface area contributed by atoms with Gasteiger partial charge in [0, 0.05) is 35.2 Å². The van der Waals surface area contributed by atoms with Crippen LogP contribution in [-0.4, -0.2) is 28.6 Å². The number of para-hydroxylation sites is 1. The molecule has 2 fully saturated rings. The zero-order valence-electron chi connectivity index (χ0n) is 17.5. The van der Waals surface area contributed by atoms with Crippen LogP contribution in [0.15, 0.2) is 60.7 Å². The van der Waals surface area contributed by atoms with Crippen LogP contribution in [0.2, 0.25) is 0 Å². The highest BCUT2D eigenvalue weighted by molar-refractivity contribution is 5.61. The highest BCUT2D eigenvalue weighted by Gasteiger charge is 2.54. The van der Waals surface area contributed by atoms with E-state index >= 15 is 0 Å². The minimum absolute atomic E-state index is 0.0672. The lowest BCUT2D eigenvalue weighted by atomic mass is 9.59. The fourth-order valence-electron chi connectivity index (χ4n) is 5.94. The summed E-state index contributed by atoms with van der Waals surface area (Å²) in [6.07, 6.45) is 5.20. The lowest BCUT2D eigenvalue weighted by Gasteiger charge is -2.49. The van der Waals surface area contributed by atoms with Crippen molar-refractivity contribution in [3.63, 3.8) is 0 Å². The van der Waals surface area contributed by atoms with Crippen LogP contribution < -0.4 is 0 Å². The molecule has 6 rings (SSSR count). The normalized spacial score (nSPS) is 27.0. The number of benzene rings is 2. The summed E-state index contributed by atoms with van der Waals surface area (Å²) in [5.41, 5.74) is 5.10. The summed E-state index contributed by atoms with van der Waals surface area (Å²) in [6, 6.07) is 21.3. The Bertz CT molecular complexity index is 1050. The second kappa shape index (κ2) is 6.79. The first kappa shape index (κ1) is 18.3. The standard InChI is InChI=1S/C26H28N2O2/c1-25-14-15-26(29-16-17-30-26)18-20(25)12-13-22-23(25)27-24(19-8-4-2-5-9-19)28(22)21-10-6-3-7-11-21/h2-11,20H,12-18H2,1H3/t20-,25-/m0/s1. The van der Waals surface area contributed by atoms with E-state index in [0.29, 0.717) is 5.92 Å². The van der Waals surface area contributed by atoms with E-state index in [-0.39, 0.29) is 11.2 Å². The highest BCUT2D eigenvalue weighted by atomic mass is 16.7. The number of hydrogen-bond donors (Lipinski definition) is 0. The molecule has 1 saturated heterocycles. The van der Waals surface area contributed by atoms with E-state index in [1.165, 1.54) is 22.6 Å². The first-order valence-electron chi connectivity index (χ1n) is 11.2. The topological polar surface area (TPSA) is 36.3 Å². The molecule has 154 valence electrons. The summed E-state index contributed by atoms with van der Waals surface area (Å²) in [7, 11) is 0. The van der Waals surface area contributed by atoms with Gasteiger partial charge in [0.2, 0.25) is 0 Å². The van der Waals surface area contributed by atoms with Crippen molar-refractivity contribution in [3.8, 4) is 17.1 Å². The average molecular weight is 401 g/mol. The molecule has 4 heteroatoms. The number of aromatic nitrogens is 2. The number of nitrogens with zero attached hydrogens (tertiary/aromatic N) is 2. The molecule has 2 aliphatic carbocycles. The smallest absolute Gasteiger partial charge is 0.168 e. The van der Waals surface area contributed by atoms with Gasteiger partial charge >= 0.3 is 0 Å². The van der Waals surface area contributed by atoms with Crippen molar-refractivity contribution in [2.45, 2.75) is 50.2 Å². The summed E-state index contributed by atoms with van der Waals surface area (Å²) in [5.74, 6) is 1.26. The van der Waals surface area contributed by atoms with E-state index in [1.54, 1.807) is 0 Å². The van der Waals surface area contributed by atoms with Crippen LogP contribution in [0.5, 0.6) is 0 Å². The lowest BCUT2D eigenvalue weighted by molar-refractivity contribution is -0.199. The van der Waals surface area contributed by atoms with Crippen LogP contribution in [0.25, 0.3) is 17.1 Å². The Morgan fingerprint density at radius 1 is 0.933 bits per heavy atom. The van der Waals surface area contributed by atoms with Gasteiger partial charge < -0.3 is 9.47 Å². The van der Waals surface area contributed by atoms with E-state index in [1.807, 2.05) is 0 Å². The first-order chi connectivity index (χ1) is 14.7. The van der Waals surface area contributed by atoms with Gasteiger partial charge in [0.1, 0.15) is 5.82 Å². The maximum Gasteiger partial charge on any atom is 0.168 e. The van der Waals surface area contributed by atoms with Gasteiger partial charge in [-0.3, -0.25) is 4.57 Å². The Balaban J connectivity index is 1.50. The molecular weight excluding hydrogens is 372 g/mol. The third-order valence-electron chi connectivity index (χ3n) is 7.59. The highest BCUT2D eigenvalue weighted by Crippen LogP contribution is 2.54. The van der Waals surface area contributed by atoms with Gasteiger partial charge in [-0.05, 0) is 37.3 Å². The predicted molar refractivity (Wildman–Crippen MR) is 117 cm³/mol.